The third kappa shape index (κ3) is 3.88. The van der Waals surface area contributed by atoms with E-state index in [0.717, 1.165) is 36.3 Å². The van der Waals surface area contributed by atoms with Crippen molar-refractivity contribution in [2.24, 2.45) is 0 Å². The molecule has 27 heavy (non-hydrogen) atoms. The normalized spacial score (nSPS) is 16.6. The molecule has 0 spiro atoms. The van der Waals surface area contributed by atoms with E-state index in [9.17, 15) is 4.79 Å². The molecule has 1 fully saturated rings. The Hall–Kier alpha value is -2.67. The molecule has 0 saturated carbocycles. The van der Waals surface area contributed by atoms with E-state index in [1.165, 1.54) is 0 Å². The first-order valence-corrected chi connectivity index (χ1v) is 9.97. The van der Waals surface area contributed by atoms with Crippen molar-refractivity contribution < 1.29 is 14.1 Å². The van der Waals surface area contributed by atoms with Gasteiger partial charge in [-0.25, -0.2) is 0 Å². The number of carbonyl (C=O) groups is 1. The van der Waals surface area contributed by atoms with Gasteiger partial charge in [-0.05, 0) is 42.0 Å². The Bertz CT molecular complexity index is 890. The Morgan fingerprint density at radius 3 is 2.93 bits per heavy atom. The molecule has 0 bridgehead atoms. The van der Waals surface area contributed by atoms with Crippen molar-refractivity contribution in [3.8, 4) is 17.1 Å². The van der Waals surface area contributed by atoms with E-state index in [4.69, 9.17) is 9.26 Å². The van der Waals surface area contributed by atoms with Crippen molar-refractivity contribution in [1.29, 1.82) is 0 Å². The van der Waals surface area contributed by atoms with Crippen LogP contribution in [0.25, 0.3) is 11.4 Å². The lowest BCUT2D eigenvalue weighted by Crippen LogP contribution is -2.30. The fraction of sp³-hybridized carbons (Fsp3) is 0.350. The smallest absolute Gasteiger partial charge is 0.227 e. The average molecular weight is 383 g/mol. The molecule has 0 unspecified atom stereocenters. The number of hydrogen-bond acceptors (Lipinski definition) is 6. The van der Waals surface area contributed by atoms with Gasteiger partial charge in [-0.3, -0.25) is 4.79 Å². The van der Waals surface area contributed by atoms with E-state index in [1.807, 2.05) is 46.0 Å². The van der Waals surface area contributed by atoms with Crippen LogP contribution in [0.15, 0.2) is 45.6 Å². The number of likely N-dealkylation sites (tertiary alicyclic amines) is 1. The molecule has 1 aromatic carbocycles. The summed E-state index contributed by atoms with van der Waals surface area (Å²) in [4.78, 5) is 19.1. The van der Waals surface area contributed by atoms with Gasteiger partial charge in [0.25, 0.3) is 0 Å². The average Bonchev–Trinajstić information content (AvgIpc) is 3.47. The molecule has 3 heterocycles. The Kier molecular flexibility index (Phi) is 5.20. The lowest BCUT2D eigenvalue weighted by molar-refractivity contribution is -0.132. The standard InChI is InChI=1S/C20H21N3O3S/c1-25-16-6-4-14(5-7-16)17-3-2-11-23(17)19(24)9-8-18-21-20(22-26-18)15-10-12-27-13-15/h4-7,10,12-13,17H,2-3,8-9,11H2,1H3/t17-/m0/s1. The molecule has 1 amide bonds. The number of benzene rings is 1. The molecular weight excluding hydrogens is 362 g/mol. The molecule has 2 aromatic heterocycles. The molecule has 0 radical (unpaired) electrons. The first-order valence-electron chi connectivity index (χ1n) is 9.03. The van der Waals surface area contributed by atoms with Crippen LogP contribution in [0.2, 0.25) is 0 Å². The molecular formula is C20H21N3O3S. The molecule has 1 aliphatic heterocycles. The lowest BCUT2D eigenvalue weighted by atomic mass is 10.0. The zero-order valence-electron chi connectivity index (χ0n) is 15.1. The van der Waals surface area contributed by atoms with Crippen LogP contribution in [0.3, 0.4) is 0 Å². The summed E-state index contributed by atoms with van der Waals surface area (Å²) in [6.07, 6.45) is 2.84. The number of hydrogen-bond donors (Lipinski definition) is 0. The van der Waals surface area contributed by atoms with Crippen LogP contribution in [-0.2, 0) is 11.2 Å². The van der Waals surface area contributed by atoms with Gasteiger partial charge in [-0.15, -0.1) is 0 Å². The van der Waals surface area contributed by atoms with Gasteiger partial charge in [0.2, 0.25) is 17.6 Å². The minimum absolute atomic E-state index is 0.128. The highest BCUT2D eigenvalue weighted by Gasteiger charge is 2.29. The summed E-state index contributed by atoms with van der Waals surface area (Å²) in [5.41, 5.74) is 2.10. The third-order valence-electron chi connectivity index (χ3n) is 4.87. The number of methoxy groups -OCH3 is 1. The molecule has 0 aliphatic carbocycles. The second-order valence-electron chi connectivity index (χ2n) is 6.54. The number of carbonyl (C=O) groups excluding carboxylic acids is 1. The monoisotopic (exact) mass is 383 g/mol. The first kappa shape index (κ1) is 17.7. The summed E-state index contributed by atoms with van der Waals surface area (Å²) < 4.78 is 10.5. The van der Waals surface area contributed by atoms with Crippen molar-refractivity contribution in [3.05, 3.63) is 52.5 Å². The number of aromatic nitrogens is 2. The SMILES string of the molecule is COc1ccc([C@@H]2CCCN2C(=O)CCc2nc(-c3ccsc3)no2)cc1. The maximum Gasteiger partial charge on any atom is 0.227 e. The highest BCUT2D eigenvalue weighted by atomic mass is 32.1. The van der Waals surface area contributed by atoms with Crippen LogP contribution in [0, 0.1) is 0 Å². The van der Waals surface area contributed by atoms with Gasteiger partial charge in [0.15, 0.2) is 0 Å². The van der Waals surface area contributed by atoms with Crippen molar-refractivity contribution >= 4 is 17.2 Å². The Labute approximate surface area is 161 Å². The van der Waals surface area contributed by atoms with Crippen LogP contribution in [-0.4, -0.2) is 34.6 Å². The Morgan fingerprint density at radius 2 is 2.19 bits per heavy atom. The maximum absolute atomic E-state index is 12.8. The first-order chi connectivity index (χ1) is 13.2. The quantitative estimate of drug-likeness (QED) is 0.641. The Morgan fingerprint density at radius 1 is 1.33 bits per heavy atom. The minimum atomic E-state index is 0.128. The summed E-state index contributed by atoms with van der Waals surface area (Å²) in [6, 6.07) is 10.1. The number of ether oxygens (including phenoxy) is 1. The van der Waals surface area contributed by atoms with E-state index in [0.29, 0.717) is 24.6 Å². The van der Waals surface area contributed by atoms with Gasteiger partial charge in [0.05, 0.1) is 13.2 Å². The summed E-state index contributed by atoms with van der Waals surface area (Å²) in [7, 11) is 1.65. The van der Waals surface area contributed by atoms with Crippen LogP contribution in [0.1, 0.15) is 36.8 Å². The van der Waals surface area contributed by atoms with E-state index >= 15 is 0 Å². The fourth-order valence-corrected chi connectivity index (χ4v) is 4.10. The van der Waals surface area contributed by atoms with Gasteiger partial charge in [-0.2, -0.15) is 16.3 Å². The van der Waals surface area contributed by atoms with E-state index in [1.54, 1.807) is 18.4 Å². The van der Waals surface area contributed by atoms with Crippen molar-refractivity contribution in [3.63, 3.8) is 0 Å². The van der Waals surface area contributed by atoms with E-state index < -0.39 is 0 Å². The topological polar surface area (TPSA) is 68.5 Å². The van der Waals surface area contributed by atoms with Gasteiger partial charge in [0.1, 0.15) is 5.75 Å². The molecule has 1 aliphatic rings. The highest BCUT2D eigenvalue weighted by Crippen LogP contribution is 2.33. The second kappa shape index (κ2) is 7.92. The van der Waals surface area contributed by atoms with Crippen LogP contribution in [0.4, 0.5) is 0 Å². The number of amides is 1. The largest absolute Gasteiger partial charge is 0.497 e. The van der Waals surface area contributed by atoms with Gasteiger partial charge >= 0.3 is 0 Å². The predicted octanol–water partition coefficient (Wildman–Crippen LogP) is 4.10. The van der Waals surface area contributed by atoms with Crippen molar-refractivity contribution in [1.82, 2.24) is 15.0 Å². The van der Waals surface area contributed by atoms with Crippen LogP contribution in [0.5, 0.6) is 5.75 Å². The molecule has 1 saturated heterocycles. The number of nitrogens with zero attached hydrogens (tertiary/aromatic N) is 3. The predicted molar refractivity (Wildman–Crippen MR) is 103 cm³/mol. The van der Waals surface area contributed by atoms with Crippen molar-refractivity contribution in [2.75, 3.05) is 13.7 Å². The van der Waals surface area contributed by atoms with Gasteiger partial charge in [-0.1, -0.05) is 17.3 Å². The number of rotatable bonds is 6. The summed E-state index contributed by atoms with van der Waals surface area (Å²) in [5.74, 6) is 2.04. The fourth-order valence-electron chi connectivity index (χ4n) is 3.46. The van der Waals surface area contributed by atoms with Gasteiger partial charge in [0, 0.05) is 30.3 Å². The number of aryl methyl sites for hydroxylation is 1. The number of thiophene rings is 1. The molecule has 4 rings (SSSR count). The zero-order chi connectivity index (χ0) is 18.6. The molecule has 7 heteroatoms. The maximum atomic E-state index is 12.8. The lowest BCUT2D eigenvalue weighted by Gasteiger charge is -2.25. The van der Waals surface area contributed by atoms with Crippen LogP contribution >= 0.6 is 11.3 Å². The molecule has 0 N–H and O–H groups in total. The summed E-state index contributed by atoms with van der Waals surface area (Å²) in [6.45, 7) is 0.791. The molecule has 3 aromatic rings. The molecule has 140 valence electrons. The molecule has 6 nitrogen and oxygen atoms in total. The second-order valence-corrected chi connectivity index (χ2v) is 7.32. The zero-order valence-corrected chi connectivity index (χ0v) is 15.9. The Balaban J connectivity index is 1.38. The molecule has 1 atom stereocenters. The van der Waals surface area contributed by atoms with E-state index in [2.05, 4.69) is 10.1 Å². The third-order valence-corrected chi connectivity index (χ3v) is 5.56. The summed E-state index contributed by atoms with van der Waals surface area (Å²) in [5, 5.41) is 7.95. The summed E-state index contributed by atoms with van der Waals surface area (Å²) >= 11 is 1.59. The van der Waals surface area contributed by atoms with Crippen LogP contribution < -0.4 is 4.74 Å². The van der Waals surface area contributed by atoms with E-state index in [-0.39, 0.29) is 11.9 Å². The highest BCUT2D eigenvalue weighted by molar-refractivity contribution is 7.08. The van der Waals surface area contributed by atoms with Gasteiger partial charge < -0.3 is 14.2 Å². The van der Waals surface area contributed by atoms with Crippen molar-refractivity contribution in [2.45, 2.75) is 31.7 Å². The minimum Gasteiger partial charge on any atom is -0.497 e.